The lowest BCUT2D eigenvalue weighted by Crippen LogP contribution is -2.26. The zero-order chi connectivity index (χ0) is 14.5. The third-order valence-electron chi connectivity index (χ3n) is 4.59. The summed E-state index contributed by atoms with van der Waals surface area (Å²) in [6, 6.07) is 6.61. The van der Waals surface area contributed by atoms with Crippen molar-refractivity contribution in [3.05, 3.63) is 23.8 Å². The highest BCUT2D eigenvalue weighted by atomic mass is 32.2. The van der Waals surface area contributed by atoms with Crippen molar-refractivity contribution in [2.75, 3.05) is 24.2 Å². The van der Waals surface area contributed by atoms with Crippen molar-refractivity contribution in [3.63, 3.8) is 0 Å². The second-order valence-corrected chi connectivity index (χ2v) is 6.93. The fourth-order valence-corrected chi connectivity index (χ4v) is 3.93. The molecule has 20 heavy (non-hydrogen) atoms. The number of hydrogen-bond donors (Lipinski definition) is 1. The molecule has 2 rings (SSSR count). The molecular weight excluding hydrogens is 264 g/mol. The van der Waals surface area contributed by atoms with E-state index in [2.05, 4.69) is 43.2 Å². The average molecular weight is 292 g/mol. The van der Waals surface area contributed by atoms with Gasteiger partial charge in [0.15, 0.2) is 0 Å². The maximum Gasteiger partial charge on any atom is 0.0423 e. The van der Waals surface area contributed by atoms with Crippen molar-refractivity contribution in [1.29, 1.82) is 0 Å². The summed E-state index contributed by atoms with van der Waals surface area (Å²) < 4.78 is 0. The van der Waals surface area contributed by atoms with Gasteiger partial charge in [-0.25, -0.2) is 0 Å². The number of thioether (sulfide) groups is 1. The smallest absolute Gasteiger partial charge is 0.0423 e. The molecule has 1 aromatic carbocycles. The highest BCUT2D eigenvalue weighted by molar-refractivity contribution is 7.98. The van der Waals surface area contributed by atoms with E-state index >= 15 is 0 Å². The van der Waals surface area contributed by atoms with E-state index in [1.165, 1.54) is 48.5 Å². The third kappa shape index (κ3) is 3.50. The Labute approximate surface area is 128 Å². The molecule has 1 atom stereocenters. The van der Waals surface area contributed by atoms with Gasteiger partial charge < -0.3 is 10.6 Å². The highest BCUT2D eigenvalue weighted by Gasteiger charge is 2.21. The van der Waals surface area contributed by atoms with Gasteiger partial charge in [-0.3, -0.25) is 0 Å². The molecule has 1 aliphatic heterocycles. The van der Waals surface area contributed by atoms with E-state index in [9.17, 15) is 0 Å². The SMILES string of the molecule is CSc1cccc(N2CCCC(C(C)C)CC2)c1CN. The van der Waals surface area contributed by atoms with E-state index in [0.717, 1.165) is 11.8 Å². The van der Waals surface area contributed by atoms with Crippen molar-refractivity contribution in [2.24, 2.45) is 17.6 Å². The predicted octanol–water partition coefficient (Wildman–Crippen LogP) is 4.13. The van der Waals surface area contributed by atoms with E-state index < -0.39 is 0 Å². The van der Waals surface area contributed by atoms with Gasteiger partial charge in [-0.1, -0.05) is 19.9 Å². The van der Waals surface area contributed by atoms with E-state index in [1.54, 1.807) is 11.8 Å². The fraction of sp³-hybridized carbons (Fsp3) is 0.647. The van der Waals surface area contributed by atoms with Crippen LogP contribution in [-0.2, 0) is 6.54 Å². The van der Waals surface area contributed by atoms with Crippen LogP contribution in [0, 0.1) is 11.8 Å². The number of benzene rings is 1. The minimum absolute atomic E-state index is 0.635. The second-order valence-electron chi connectivity index (χ2n) is 6.08. The normalized spacial score (nSPS) is 20.2. The van der Waals surface area contributed by atoms with Crippen molar-refractivity contribution in [2.45, 2.75) is 44.6 Å². The Morgan fingerprint density at radius 1 is 1.30 bits per heavy atom. The Morgan fingerprint density at radius 3 is 2.75 bits per heavy atom. The molecule has 0 aromatic heterocycles. The monoisotopic (exact) mass is 292 g/mol. The van der Waals surface area contributed by atoms with Gasteiger partial charge in [0.2, 0.25) is 0 Å². The Bertz CT molecular complexity index is 431. The predicted molar refractivity (Wildman–Crippen MR) is 90.5 cm³/mol. The topological polar surface area (TPSA) is 29.3 Å². The van der Waals surface area contributed by atoms with Crippen LogP contribution in [0.15, 0.2) is 23.1 Å². The van der Waals surface area contributed by atoms with E-state index in [0.29, 0.717) is 6.54 Å². The molecule has 1 aromatic rings. The molecule has 1 aliphatic rings. The van der Waals surface area contributed by atoms with Crippen LogP contribution in [0.4, 0.5) is 5.69 Å². The van der Waals surface area contributed by atoms with Crippen molar-refractivity contribution in [3.8, 4) is 0 Å². The van der Waals surface area contributed by atoms with Crippen LogP contribution in [-0.4, -0.2) is 19.3 Å². The van der Waals surface area contributed by atoms with Gasteiger partial charge in [-0.05, 0) is 49.5 Å². The molecule has 0 aliphatic carbocycles. The molecule has 1 fully saturated rings. The Hall–Kier alpha value is -0.670. The minimum atomic E-state index is 0.635. The Morgan fingerprint density at radius 2 is 2.10 bits per heavy atom. The molecular formula is C17H28N2S. The van der Waals surface area contributed by atoms with Gasteiger partial charge >= 0.3 is 0 Å². The van der Waals surface area contributed by atoms with Crippen molar-refractivity contribution in [1.82, 2.24) is 0 Å². The number of nitrogens with two attached hydrogens (primary N) is 1. The molecule has 0 saturated carbocycles. The average Bonchev–Trinajstić information content (AvgIpc) is 2.72. The van der Waals surface area contributed by atoms with E-state index in [4.69, 9.17) is 5.73 Å². The van der Waals surface area contributed by atoms with Gasteiger partial charge in [-0.2, -0.15) is 0 Å². The Kier molecular flexibility index (Phi) is 5.79. The lowest BCUT2D eigenvalue weighted by molar-refractivity contribution is 0.351. The summed E-state index contributed by atoms with van der Waals surface area (Å²) >= 11 is 1.80. The summed E-state index contributed by atoms with van der Waals surface area (Å²) in [6.45, 7) is 7.71. The zero-order valence-electron chi connectivity index (χ0n) is 13.1. The highest BCUT2D eigenvalue weighted by Crippen LogP contribution is 2.32. The number of rotatable bonds is 4. The lowest BCUT2D eigenvalue weighted by Gasteiger charge is -2.27. The molecule has 0 bridgehead atoms. The maximum absolute atomic E-state index is 6.01. The fourth-order valence-electron chi connectivity index (χ4n) is 3.28. The summed E-state index contributed by atoms with van der Waals surface area (Å²) in [4.78, 5) is 3.89. The van der Waals surface area contributed by atoms with Crippen LogP contribution in [0.25, 0.3) is 0 Å². The molecule has 1 saturated heterocycles. The maximum atomic E-state index is 6.01. The molecule has 0 radical (unpaired) electrons. The first-order chi connectivity index (χ1) is 9.67. The quantitative estimate of drug-likeness (QED) is 0.846. The van der Waals surface area contributed by atoms with Crippen LogP contribution >= 0.6 is 11.8 Å². The molecule has 2 nitrogen and oxygen atoms in total. The molecule has 0 amide bonds. The van der Waals surface area contributed by atoms with Crippen LogP contribution < -0.4 is 10.6 Å². The van der Waals surface area contributed by atoms with Gasteiger partial charge in [0.05, 0.1) is 0 Å². The van der Waals surface area contributed by atoms with Crippen LogP contribution in [0.5, 0.6) is 0 Å². The third-order valence-corrected chi connectivity index (χ3v) is 5.41. The van der Waals surface area contributed by atoms with Crippen molar-refractivity contribution < 1.29 is 0 Å². The van der Waals surface area contributed by atoms with Crippen LogP contribution in [0.1, 0.15) is 38.7 Å². The van der Waals surface area contributed by atoms with Crippen LogP contribution in [0.3, 0.4) is 0 Å². The molecule has 2 N–H and O–H groups in total. The van der Waals surface area contributed by atoms with E-state index in [-0.39, 0.29) is 0 Å². The largest absolute Gasteiger partial charge is 0.371 e. The lowest BCUT2D eigenvalue weighted by atomic mass is 9.89. The first-order valence-corrected chi connectivity index (χ1v) is 9.00. The standard InChI is InChI=1S/C17H28N2S/c1-13(2)14-6-5-10-19(11-9-14)16-7-4-8-17(20-3)15(16)12-18/h4,7-8,13-14H,5-6,9-12,18H2,1-3H3. The molecule has 1 unspecified atom stereocenters. The van der Waals surface area contributed by atoms with Gasteiger partial charge in [0.25, 0.3) is 0 Å². The summed E-state index contributed by atoms with van der Waals surface area (Å²) in [6.07, 6.45) is 6.12. The summed E-state index contributed by atoms with van der Waals surface area (Å²) in [5, 5.41) is 0. The number of hydrogen-bond acceptors (Lipinski definition) is 3. The van der Waals surface area contributed by atoms with Crippen LogP contribution in [0.2, 0.25) is 0 Å². The van der Waals surface area contributed by atoms with Gasteiger partial charge in [-0.15, -0.1) is 11.8 Å². The van der Waals surface area contributed by atoms with E-state index in [1.807, 2.05) is 0 Å². The van der Waals surface area contributed by atoms with Gasteiger partial charge in [0, 0.05) is 35.8 Å². The first kappa shape index (κ1) is 15.7. The van der Waals surface area contributed by atoms with Gasteiger partial charge in [0.1, 0.15) is 0 Å². The Balaban J connectivity index is 2.19. The first-order valence-electron chi connectivity index (χ1n) is 7.78. The number of nitrogens with zero attached hydrogens (tertiary/aromatic N) is 1. The second kappa shape index (κ2) is 7.37. The molecule has 1 heterocycles. The van der Waals surface area contributed by atoms with Crippen molar-refractivity contribution >= 4 is 17.4 Å². The number of anilines is 1. The minimum Gasteiger partial charge on any atom is -0.371 e. The molecule has 3 heteroatoms. The molecule has 112 valence electrons. The molecule has 0 spiro atoms. The summed E-state index contributed by atoms with van der Waals surface area (Å²) in [7, 11) is 0. The summed E-state index contributed by atoms with van der Waals surface area (Å²) in [5.74, 6) is 1.69. The zero-order valence-corrected chi connectivity index (χ0v) is 13.9. The summed E-state index contributed by atoms with van der Waals surface area (Å²) in [5.41, 5.74) is 8.70.